The molecule has 0 atom stereocenters. The van der Waals surface area contributed by atoms with E-state index in [0.717, 1.165) is 16.8 Å². The Labute approximate surface area is 199 Å². The highest BCUT2D eigenvalue weighted by Gasteiger charge is 2.14. The highest BCUT2D eigenvalue weighted by Crippen LogP contribution is 2.21. The Morgan fingerprint density at radius 2 is 1.73 bits per heavy atom. The number of aromatic nitrogens is 1. The number of halogens is 1. The Bertz CT molecular complexity index is 1130. The smallest absolute Gasteiger partial charge is 0.258 e. The van der Waals surface area contributed by atoms with E-state index in [0.29, 0.717) is 35.2 Å². The average Bonchev–Trinajstić information content (AvgIpc) is 2.77. The maximum atomic E-state index is 12.9. The van der Waals surface area contributed by atoms with Crippen LogP contribution in [-0.4, -0.2) is 49.4 Å². The number of anilines is 3. The van der Waals surface area contributed by atoms with Crippen molar-refractivity contribution in [2.24, 2.45) is 0 Å². The molecule has 33 heavy (non-hydrogen) atoms. The lowest BCUT2D eigenvalue weighted by molar-refractivity contribution is -0.118. The zero-order valence-corrected chi connectivity index (χ0v) is 20.0. The molecular formula is C25H28ClN5O2. The first-order valence-corrected chi connectivity index (χ1v) is 10.9. The number of hydrogen-bond donors (Lipinski definition) is 2. The molecule has 8 heteroatoms. The lowest BCUT2D eigenvalue weighted by Crippen LogP contribution is -2.34. The SMILES string of the molecule is Cc1ccc(NCc2ccc(N(C)C(=O)CN(C)C)cc2)c(C(=O)Nc2cc(Cl)ccn2)c1. The zero-order valence-electron chi connectivity index (χ0n) is 19.2. The first kappa shape index (κ1) is 24.2. The number of hydrogen-bond acceptors (Lipinski definition) is 5. The molecule has 0 aliphatic rings. The Morgan fingerprint density at radius 1 is 1.00 bits per heavy atom. The number of benzene rings is 2. The summed E-state index contributed by atoms with van der Waals surface area (Å²) in [6, 6.07) is 16.7. The number of likely N-dealkylation sites (N-methyl/N-ethyl adjacent to an activating group) is 2. The van der Waals surface area contributed by atoms with Crippen molar-refractivity contribution in [2.45, 2.75) is 13.5 Å². The molecule has 3 aromatic rings. The summed E-state index contributed by atoms with van der Waals surface area (Å²) in [5.41, 5.74) is 4.05. The molecule has 0 radical (unpaired) electrons. The van der Waals surface area contributed by atoms with Gasteiger partial charge in [0.15, 0.2) is 0 Å². The highest BCUT2D eigenvalue weighted by atomic mass is 35.5. The van der Waals surface area contributed by atoms with Crippen LogP contribution in [-0.2, 0) is 11.3 Å². The number of aryl methyl sites for hydroxylation is 1. The average molecular weight is 466 g/mol. The van der Waals surface area contributed by atoms with Crippen LogP contribution in [0.3, 0.4) is 0 Å². The van der Waals surface area contributed by atoms with Crippen molar-refractivity contribution < 1.29 is 9.59 Å². The maximum absolute atomic E-state index is 12.9. The van der Waals surface area contributed by atoms with E-state index in [-0.39, 0.29) is 11.8 Å². The molecule has 0 bridgehead atoms. The Hall–Kier alpha value is -3.42. The van der Waals surface area contributed by atoms with Crippen LogP contribution >= 0.6 is 11.6 Å². The third-order valence-electron chi connectivity index (χ3n) is 5.02. The standard InChI is InChI=1S/C25H28ClN5O2/c1-17-5-10-22(21(13-17)25(33)29-23-14-19(26)11-12-27-23)28-15-18-6-8-20(9-7-18)31(4)24(32)16-30(2)3/h5-14,28H,15-16H2,1-4H3,(H,27,29,33). The summed E-state index contributed by atoms with van der Waals surface area (Å²) < 4.78 is 0. The predicted octanol–water partition coefficient (Wildman–Crippen LogP) is 4.43. The molecule has 3 rings (SSSR count). The van der Waals surface area contributed by atoms with Crippen LogP contribution in [0.15, 0.2) is 60.8 Å². The van der Waals surface area contributed by atoms with Crippen molar-refractivity contribution in [2.75, 3.05) is 43.2 Å². The third-order valence-corrected chi connectivity index (χ3v) is 5.25. The van der Waals surface area contributed by atoms with Gasteiger partial charge < -0.3 is 20.4 Å². The zero-order chi connectivity index (χ0) is 24.0. The van der Waals surface area contributed by atoms with E-state index in [2.05, 4.69) is 15.6 Å². The lowest BCUT2D eigenvalue weighted by atomic mass is 10.1. The molecule has 172 valence electrons. The van der Waals surface area contributed by atoms with Crippen LogP contribution < -0.4 is 15.5 Å². The molecule has 0 saturated heterocycles. The molecule has 1 aromatic heterocycles. The van der Waals surface area contributed by atoms with Gasteiger partial charge in [0.1, 0.15) is 5.82 Å². The molecule has 0 unspecified atom stereocenters. The number of pyridine rings is 1. The van der Waals surface area contributed by atoms with Gasteiger partial charge in [-0.05, 0) is 63.0 Å². The molecule has 0 aliphatic heterocycles. The second kappa shape index (κ2) is 10.9. The summed E-state index contributed by atoms with van der Waals surface area (Å²) in [4.78, 5) is 32.8. The van der Waals surface area contributed by atoms with E-state index in [4.69, 9.17) is 11.6 Å². The first-order chi connectivity index (χ1) is 15.7. The van der Waals surface area contributed by atoms with Gasteiger partial charge in [-0.15, -0.1) is 0 Å². The Morgan fingerprint density at radius 3 is 2.39 bits per heavy atom. The monoisotopic (exact) mass is 465 g/mol. The van der Waals surface area contributed by atoms with Crippen LogP contribution in [0.5, 0.6) is 0 Å². The van der Waals surface area contributed by atoms with Gasteiger partial charge >= 0.3 is 0 Å². The minimum atomic E-state index is -0.271. The van der Waals surface area contributed by atoms with Crippen LogP contribution in [0.2, 0.25) is 5.02 Å². The lowest BCUT2D eigenvalue weighted by Gasteiger charge is -2.20. The van der Waals surface area contributed by atoms with E-state index >= 15 is 0 Å². The maximum Gasteiger partial charge on any atom is 0.258 e. The predicted molar refractivity (Wildman–Crippen MR) is 134 cm³/mol. The van der Waals surface area contributed by atoms with E-state index in [1.165, 1.54) is 0 Å². The molecule has 1 heterocycles. The molecule has 2 amide bonds. The highest BCUT2D eigenvalue weighted by molar-refractivity contribution is 6.30. The molecule has 2 aromatic carbocycles. The Kier molecular flexibility index (Phi) is 8.03. The topological polar surface area (TPSA) is 77.6 Å². The minimum absolute atomic E-state index is 0.0235. The second-order valence-corrected chi connectivity index (χ2v) is 8.51. The number of nitrogens with one attached hydrogen (secondary N) is 2. The summed E-state index contributed by atoms with van der Waals surface area (Å²) in [6.45, 7) is 2.81. The quantitative estimate of drug-likeness (QED) is 0.514. The van der Waals surface area contributed by atoms with Crippen LogP contribution in [0.4, 0.5) is 17.2 Å². The molecule has 2 N–H and O–H groups in total. The number of amides is 2. The van der Waals surface area contributed by atoms with E-state index in [1.54, 1.807) is 30.3 Å². The summed E-state index contributed by atoms with van der Waals surface area (Å²) >= 11 is 5.99. The van der Waals surface area contributed by atoms with Crippen molar-refractivity contribution in [1.82, 2.24) is 9.88 Å². The van der Waals surface area contributed by atoms with Crippen molar-refractivity contribution in [1.29, 1.82) is 0 Å². The van der Waals surface area contributed by atoms with Gasteiger partial charge in [-0.1, -0.05) is 35.4 Å². The van der Waals surface area contributed by atoms with Gasteiger partial charge in [0.2, 0.25) is 5.91 Å². The fourth-order valence-electron chi connectivity index (χ4n) is 3.21. The molecule has 0 fully saturated rings. The largest absolute Gasteiger partial charge is 0.380 e. The van der Waals surface area contributed by atoms with Crippen molar-refractivity contribution >= 4 is 40.6 Å². The van der Waals surface area contributed by atoms with Gasteiger partial charge in [0.25, 0.3) is 5.91 Å². The number of carbonyl (C=O) groups excluding carboxylic acids is 2. The number of rotatable bonds is 8. The third kappa shape index (κ3) is 6.78. The summed E-state index contributed by atoms with van der Waals surface area (Å²) in [6.07, 6.45) is 1.54. The number of nitrogens with zero attached hydrogens (tertiary/aromatic N) is 3. The van der Waals surface area contributed by atoms with E-state index in [9.17, 15) is 9.59 Å². The summed E-state index contributed by atoms with van der Waals surface area (Å²) in [5, 5.41) is 6.63. The molecule has 0 spiro atoms. The molecule has 7 nitrogen and oxygen atoms in total. The fraction of sp³-hybridized carbons (Fsp3) is 0.240. The van der Waals surface area contributed by atoms with Gasteiger partial charge in [0.05, 0.1) is 12.1 Å². The summed E-state index contributed by atoms with van der Waals surface area (Å²) in [5.74, 6) is 0.145. The van der Waals surface area contributed by atoms with Crippen LogP contribution in [0, 0.1) is 6.92 Å². The molecular weight excluding hydrogens is 438 g/mol. The minimum Gasteiger partial charge on any atom is -0.380 e. The first-order valence-electron chi connectivity index (χ1n) is 10.5. The van der Waals surface area contributed by atoms with Crippen LogP contribution in [0.1, 0.15) is 21.5 Å². The van der Waals surface area contributed by atoms with Gasteiger partial charge in [-0.2, -0.15) is 0 Å². The second-order valence-electron chi connectivity index (χ2n) is 8.07. The van der Waals surface area contributed by atoms with Crippen molar-refractivity contribution in [3.63, 3.8) is 0 Å². The normalized spacial score (nSPS) is 10.7. The van der Waals surface area contributed by atoms with Crippen molar-refractivity contribution in [3.05, 3.63) is 82.5 Å². The van der Waals surface area contributed by atoms with Crippen molar-refractivity contribution in [3.8, 4) is 0 Å². The van der Waals surface area contributed by atoms with Crippen LogP contribution in [0.25, 0.3) is 0 Å². The van der Waals surface area contributed by atoms with Gasteiger partial charge in [-0.25, -0.2) is 4.98 Å². The fourth-order valence-corrected chi connectivity index (χ4v) is 3.37. The molecule has 0 saturated carbocycles. The number of carbonyl (C=O) groups is 2. The van der Waals surface area contributed by atoms with E-state index in [1.807, 2.05) is 68.4 Å². The van der Waals surface area contributed by atoms with E-state index < -0.39 is 0 Å². The summed E-state index contributed by atoms with van der Waals surface area (Å²) in [7, 11) is 5.50. The van der Waals surface area contributed by atoms with Gasteiger partial charge in [-0.3, -0.25) is 9.59 Å². The Balaban J connectivity index is 1.69. The van der Waals surface area contributed by atoms with Gasteiger partial charge in [0, 0.05) is 36.2 Å². The molecule has 0 aliphatic carbocycles.